The van der Waals surface area contributed by atoms with Crippen LogP contribution >= 0.6 is 0 Å². The molecule has 0 spiro atoms. The summed E-state index contributed by atoms with van der Waals surface area (Å²) in [6, 6.07) is 7.91. The third-order valence-corrected chi connectivity index (χ3v) is 3.87. The first kappa shape index (κ1) is 15.3. The largest absolute Gasteiger partial charge is 0.362 e. The summed E-state index contributed by atoms with van der Waals surface area (Å²) in [4.78, 5) is 13.5. The topological polar surface area (TPSA) is 86.3 Å². The molecule has 0 unspecified atom stereocenters. The minimum atomic E-state index is 0.550. The molecular formula is C17H18N8. The molecule has 0 radical (unpaired) electrons. The Balaban J connectivity index is 1.68. The molecule has 126 valence electrons. The molecule has 0 aliphatic rings. The minimum absolute atomic E-state index is 0.550. The number of hydrogen-bond acceptors (Lipinski definition) is 6. The lowest BCUT2D eigenvalue weighted by atomic mass is 10.3. The SMILES string of the molecule is Cc1nc(NCc2cn(C)nn2)c2c(ccn2Cc2ccccn2)n1. The highest BCUT2D eigenvalue weighted by atomic mass is 15.4. The number of rotatable bonds is 5. The number of fused-ring (bicyclic) bond motifs is 1. The van der Waals surface area contributed by atoms with Crippen molar-refractivity contribution in [2.75, 3.05) is 5.32 Å². The van der Waals surface area contributed by atoms with Gasteiger partial charge in [0.2, 0.25) is 0 Å². The van der Waals surface area contributed by atoms with Crippen molar-refractivity contribution in [3.05, 3.63) is 60.1 Å². The zero-order chi connectivity index (χ0) is 17.2. The third kappa shape index (κ3) is 3.18. The van der Waals surface area contributed by atoms with Crippen LogP contribution in [-0.4, -0.2) is 34.5 Å². The molecule has 0 saturated heterocycles. The van der Waals surface area contributed by atoms with Gasteiger partial charge in [0.05, 0.1) is 24.3 Å². The molecule has 0 atom stereocenters. The van der Waals surface area contributed by atoms with E-state index >= 15 is 0 Å². The second-order valence-electron chi connectivity index (χ2n) is 5.86. The van der Waals surface area contributed by atoms with Crippen LogP contribution < -0.4 is 5.32 Å². The molecule has 0 aromatic carbocycles. The van der Waals surface area contributed by atoms with Crippen LogP contribution in [0.4, 0.5) is 5.82 Å². The lowest BCUT2D eigenvalue weighted by Gasteiger charge is -2.10. The highest BCUT2D eigenvalue weighted by Gasteiger charge is 2.12. The highest BCUT2D eigenvalue weighted by molar-refractivity contribution is 5.86. The Bertz CT molecular complexity index is 1000. The first-order valence-electron chi connectivity index (χ1n) is 8.01. The summed E-state index contributed by atoms with van der Waals surface area (Å²) in [6.45, 7) is 3.10. The summed E-state index contributed by atoms with van der Waals surface area (Å²) in [5, 5.41) is 11.4. The summed E-state index contributed by atoms with van der Waals surface area (Å²) >= 11 is 0. The molecule has 0 saturated carbocycles. The first-order chi connectivity index (χ1) is 12.2. The number of anilines is 1. The van der Waals surface area contributed by atoms with Crippen molar-refractivity contribution < 1.29 is 0 Å². The van der Waals surface area contributed by atoms with Crippen molar-refractivity contribution in [1.29, 1.82) is 0 Å². The summed E-state index contributed by atoms with van der Waals surface area (Å²) in [6.07, 6.45) is 5.70. The molecule has 25 heavy (non-hydrogen) atoms. The summed E-state index contributed by atoms with van der Waals surface area (Å²) < 4.78 is 3.79. The van der Waals surface area contributed by atoms with E-state index in [0.717, 1.165) is 34.1 Å². The molecule has 8 nitrogen and oxygen atoms in total. The van der Waals surface area contributed by atoms with E-state index in [1.54, 1.807) is 10.9 Å². The first-order valence-corrected chi connectivity index (χ1v) is 8.01. The normalized spacial score (nSPS) is 11.1. The fraction of sp³-hybridized carbons (Fsp3) is 0.235. The number of aromatic nitrogens is 7. The van der Waals surface area contributed by atoms with Gasteiger partial charge >= 0.3 is 0 Å². The van der Waals surface area contributed by atoms with Gasteiger partial charge in [-0.1, -0.05) is 11.3 Å². The number of pyridine rings is 1. The molecule has 1 N–H and O–H groups in total. The van der Waals surface area contributed by atoms with Gasteiger partial charge in [-0.3, -0.25) is 9.67 Å². The maximum atomic E-state index is 4.58. The summed E-state index contributed by atoms with van der Waals surface area (Å²) in [5.74, 6) is 1.51. The molecular weight excluding hydrogens is 316 g/mol. The maximum Gasteiger partial charge on any atom is 0.154 e. The Labute approximate surface area is 144 Å². The van der Waals surface area contributed by atoms with E-state index in [-0.39, 0.29) is 0 Å². The van der Waals surface area contributed by atoms with Gasteiger partial charge in [-0.25, -0.2) is 9.97 Å². The molecule has 0 aliphatic heterocycles. The van der Waals surface area contributed by atoms with Gasteiger partial charge < -0.3 is 9.88 Å². The van der Waals surface area contributed by atoms with Gasteiger partial charge in [-0.15, -0.1) is 5.10 Å². The van der Waals surface area contributed by atoms with Gasteiger partial charge in [-0.2, -0.15) is 0 Å². The van der Waals surface area contributed by atoms with Crippen molar-refractivity contribution >= 4 is 16.9 Å². The van der Waals surface area contributed by atoms with Gasteiger partial charge in [0.15, 0.2) is 5.82 Å². The Morgan fingerprint density at radius 2 is 2.04 bits per heavy atom. The predicted molar refractivity (Wildman–Crippen MR) is 93.9 cm³/mol. The average Bonchev–Trinajstić information content (AvgIpc) is 3.20. The van der Waals surface area contributed by atoms with Crippen molar-refractivity contribution in [3.63, 3.8) is 0 Å². The molecule has 0 amide bonds. The lowest BCUT2D eigenvalue weighted by Crippen LogP contribution is -2.08. The van der Waals surface area contributed by atoms with Crippen LogP contribution in [0.1, 0.15) is 17.2 Å². The molecule has 4 aromatic heterocycles. The Morgan fingerprint density at radius 3 is 2.80 bits per heavy atom. The van der Waals surface area contributed by atoms with Crippen LogP contribution in [0.5, 0.6) is 0 Å². The van der Waals surface area contributed by atoms with Crippen molar-refractivity contribution in [3.8, 4) is 0 Å². The standard InChI is InChI=1S/C17H18N8/c1-12-20-15-6-8-25(11-13-5-3-4-7-18-13)16(15)17(21-12)19-9-14-10-24(2)23-22-14/h3-8,10H,9,11H2,1-2H3,(H,19,20,21). The quantitative estimate of drug-likeness (QED) is 0.600. The van der Waals surface area contributed by atoms with E-state index in [9.17, 15) is 0 Å². The second kappa shape index (κ2) is 6.31. The molecule has 0 aliphatic carbocycles. The lowest BCUT2D eigenvalue weighted by molar-refractivity contribution is 0.713. The van der Waals surface area contributed by atoms with E-state index in [2.05, 4.69) is 35.1 Å². The molecule has 4 heterocycles. The van der Waals surface area contributed by atoms with Crippen LogP contribution in [0, 0.1) is 6.92 Å². The fourth-order valence-electron chi connectivity index (χ4n) is 2.79. The van der Waals surface area contributed by atoms with Crippen LogP contribution in [0.3, 0.4) is 0 Å². The maximum absolute atomic E-state index is 4.58. The van der Waals surface area contributed by atoms with E-state index < -0.39 is 0 Å². The van der Waals surface area contributed by atoms with E-state index in [4.69, 9.17) is 0 Å². The third-order valence-electron chi connectivity index (χ3n) is 3.87. The summed E-state index contributed by atoms with van der Waals surface area (Å²) in [7, 11) is 1.85. The van der Waals surface area contributed by atoms with Crippen LogP contribution in [0.2, 0.25) is 0 Å². The highest BCUT2D eigenvalue weighted by Crippen LogP contribution is 2.23. The monoisotopic (exact) mass is 334 g/mol. The smallest absolute Gasteiger partial charge is 0.154 e. The van der Waals surface area contributed by atoms with Crippen LogP contribution in [0.15, 0.2) is 42.9 Å². The van der Waals surface area contributed by atoms with Gasteiger partial charge in [0.1, 0.15) is 17.0 Å². The van der Waals surface area contributed by atoms with Gasteiger partial charge in [-0.05, 0) is 25.1 Å². The average molecular weight is 334 g/mol. The minimum Gasteiger partial charge on any atom is -0.362 e. The van der Waals surface area contributed by atoms with Crippen LogP contribution in [0.25, 0.3) is 11.0 Å². The van der Waals surface area contributed by atoms with E-state index in [0.29, 0.717) is 13.1 Å². The zero-order valence-corrected chi connectivity index (χ0v) is 14.1. The Kier molecular flexibility index (Phi) is 3.85. The molecule has 4 rings (SSSR count). The molecule has 8 heteroatoms. The molecule has 0 fully saturated rings. The molecule has 0 bridgehead atoms. The predicted octanol–water partition coefficient (Wildman–Crippen LogP) is 1.92. The number of nitrogens with zero attached hydrogens (tertiary/aromatic N) is 7. The number of aryl methyl sites for hydroxylation is 2. The fourth-order valence-corrected chi connectivity index (χ4v) is 2.79. The Hall–Kier alpha value is -3.29. The van der Waals surface area contributed by atoms with Crippen LogP contribution in [-0.2, 0) is 20.1 Å². The van der Waals surface area contributed by atoms with E-state index in [1.807, 2.05) is 50.6 Å². The number of hydrogen-bond donors (Lipinski definition) is 1. The number of nitrogens with one attached hydrogen (secondary N) is 1. The molecule has 4 aromatic rings. The zero-order valence-electron chi connectivity index (χ0n) is 14.1. The van der Waals surface area contributed by atoms with E-state index in [1.165, 1.54) is 0 Å². The van der Waals surface area contributed by atoms with Crippen molar-refractivity contribution in [2.45, 2.75) is 20.0 Å². The van der Waals surface area contributed by atoms with Crippen molar-refractivity contribution in [1.82, 2.24) is 34.5 Å². The van der Waals surface area contributed by atoms with Gasteiger partial charge in [0, 0.05) is 25.6 Å². The van der Waals surface area contributed by atoms with Crippen molar-refractivity contribution in [2.24, 2.45) is 7.05 Å². The Morgan fingerprint density at radius 1 is 1.12 bits per heavy atom. The summed E-state index contributed by atoms with van der Waals surface area (Å²) in [5.41, 5.74) is 3.71. The second-order valence-corrected chi connectivity index (χ2v) is 5.86. The van der Waals surface area contributed by atoms with Gasteiger partial charge in [0.25, 0.3) is 0 Å².